The molecule has 4 bridgehead atoms. The van der Waals surface area contributed by atoms with Crippen molar-refractivity contribution < 1.29 is 8.42 Å². The zero-order chi connectivity index (χ0) is 18.6. The van der Waals surface area contributed by atoms with E-state index in [0.717, 1.165) is 23.4 Å². The molecule has 0 radical (unpaired) electrons. The van der Waals surface area contributed by atoms with E-state index in [0.29, 0.717) is 16.2 Å². The second kappa shape index (κ2) is 6.35. The monoisotopic (exact) mass is 401 g/mol. The van der Waals surface area contributed by atoms with E-state index in [1.54, 1.807) is 12.1 Å². The summed E-state index contributed by atoms with van der Waals surface area (Å²) in [6, 6.07) is 12.0. The molecule has 0 atom stereocenters. The van der Waals surface area contributed by atoms with Gasteiger partial charge in [-0.05, 0) is 97.8 Å². The van der Waals surface area contributed by atoms with E-state index in [2.05, 4.69) is 12.1 Å². The van der Waals surface area contributed by atoms with Gasteiger partial charge in [-0.1, -0.05) is 18.2 Å². The van der Waals surface area contributed by atoms with E-state index in [1.165, 1.54) is 59.7 Å². The van der Waals surface area contributed by atoms with Crippen LogP contribution in [-0.4, -0.2) is 15.0 Å². The molecule has 4 aliphatic carbocycles. The molecule has 2 aromatic rings. The second-order valence-corrected chi connectivity index (χ2v) is 11.9. The lowest BCUT2D eigenvalue weighted by molar-refractivity contribution is -0.00518. The SMILES string of the molecule is CCN(c1ccc(C23CC4CC(CC(C4)C2)C3)cc1)S(=O)(=O)c1cccs1. The molecular formula is C22H27NO2S2. The fraction of sp³-hybridized carbons (Fsp3) is 0.545. The third kappa shape index (κ3) is 2.85. The molecular weight excluding hydrogens is 374 g/mol. The first kappa shape index (κ1) is 17.7. The molecule has 1 heterocycles. The van der Waals surface area contributed by atoms with Crippen LogP contribution in [0.2, 0.25) is 0 Å². The minimum Gasteiger partial charge on any atom is -0.266 e. The van der Waals surface area contributed by atoms with E-state index in [4.69, 9.17) is 0 Å². The summed E-state index contributed by atoms with van der Waals surface area (Å²) in [5.74, 6) is 2.76. The van der Waals surface area contributed by atoms with Crippen LogP contribution < -0.4 is 4.31 Å². The highest BCUT2D eigenvalue weighted by atomic mass is 32.2. The number of rotatable bonds is 5. The van der Waals surface area contributed by atoms with E-state index in [1.807, 2.05) is 24.4 Å². The fourth-order valence-electron chi connectivity index (χ4n) is 6.46. The Bertz CT molecular complexity index is 880. The molecule has 0 spiro atoms. The van der Waals surface area contributed by atoms with Crippen LogP contribution in [0.15, 0.2) is 46.0 Å². The zero-order valence-corrected chi connectivity index (χ0v) is 17.4. The lowest BCUT2D eigenvalue weighted by atomic mass is 9.48. The number of hydrogen-bond acceptors (Lipinski definition) is 3. The van der Waals surface area contributed by atoms with Gasteiger partial charge in [0.15, 0.2) is 0 Å². The van der Waals surface area contributed by atoms with Crippen molar-refractivity contribution in [1.82, 2.24) is 0 Å². The molecule has 4 aliphatic rings. The largest absolute Gasteiger partial charge is 0.273 e. The van der Waals surface area contributed by atoms with Gasteiger partial charge in [-0.2, -0.15) is 0 Å². The molecule has 144 valence electrons. The van der Waals surface area contributed by atoms with Crippen molar-refractivity contribution in [2.24, 2.45) is 17.8 Å². The molecule has 1 aromatic heterocycles. The summed E-state index contributed by atoms with van der Waals surface area (Å²) in [4.78, 5) is 0. The van der Waals surface area contributed by atoms with E-state index >= 15 is 0 Å². The third-order valence-electron chi connectivity index (χ3n) is 7.13. The van der Waals surface area contributed by atoms with Crippen molar-refractivity contribution in [2.45, 2.75) is 55.1 Å². The maximum Gasteiger partial charge on any atom is 0.273 e. The molecule has 1 aromatic carbocycles. The first-order valence-electron chi connectivity index (χ1n) is 10.2. The lowest BCUT2D eigenvalue weighted by Crippen LogP contribution is -2.48. The van der Waals surface area contributed by atoms with Crippen LogP contribution >= 0.6 is 11.3 Å². The summed E-state index contributed by atoms with van der Waals surface area (Å²) in [7, 11) is -3.47. The normalized spacial score (nSPS) is 32.0. The molecule has 4 saturated carbocycles. The highest BCUT2D eigenvalue weighted by Crippen LogP contribution is 2.60. The Morgan fingerprint density at radius 3 is 2.07 bits per heavy atom. The van der Waals surface area contributed by atoms with Crippen molar-refractivity contribution in [2.75, 3.05) is 10.8 Å². The number of hydrogen-bond donors (Lipinski definition) is 0. The van der Waals surface area contributed by atoms with Crippen LogP contribution in [0.4, 0.5) is 5.69 Å². The van der Waals surface area contributed by atoms with Crippen LogP contribution in [0.3, 0.4) is 0 Å². The Balaban J connectivity index is 1.45. The predicted octanol–water partition coefficient (Wildman–Crippen LogP) is 5.43. The summed E-state index contributed by atoms with van der Waals surface area (Å²) in [5.41, 5.74) is 2.58. The maximum absolute atomic E-state index is 13.0. The van der Waals surface area contributed by atoms with E-state index < -0.39 is 10.0 Å². The Hall–Kier alpha value is -1.33. The summed E-state index contributed by atoms with van der Waals surface area (Å²) in [5, 5.41) is 1.82. The highest BCUT2D eigenvalue weighted by molar-refractivity contribution is 7.94. The third-order valence-corrected chi connectivity index (χ3v) is 10.4. The quantitative estimate of drug-likeness (QED) is 0.670. The second-order valence-electron chi connectivity index (χ2n) is 8.85. The molecule has 4 fully saturated rings. The summed E-state index contributed by atoms with van der Waals surface area (Å²) in [6.07, 6.45) is 8.34. The predicted molar refractivity (Wildman–Crippen MR) is 111 cm³/mol. The summed E-state index contributed by atoms with van der Waals surface area (Å²) >= 11 is 1.28. The van der Waals surface area contributed by atoms with Gasteiger partial charge < -0.3 is 0 Å². The molecule has 0 saturated heterocycles. The number of nitrogens with zero attached hydrogens (tertiary/aromatic N) is 1. The smallest absolute Gasteiger partial charge is 0.266 e. The minimum absolute atomic E-state index is 0.358. The molecule has 0 unspecified atom stereocenters. The van der Waals surface area contributed by atoms with Gasteiger partial charge >= 0.3 is 0 Å². The van der Waals surface area contributed by atoms with Gasteiger partial charge in [-0.25, -0.2) is 8.42 Å². The van der Waals surface area contributed by atoms with Gasteiger partial charge in [0, 0.05) is 6.54 Å². The Morgan fingerprint density at radius 1 is 1.00 bits per heavy atom. The summed E-state index contributed by atoms with van der Waals surface area (Å²) < 4.78 is 27.9. The molecule has 0 N–H and O–H groups in total. The number of benzene rings is 1. The van der Waals surface area contributed by atoms with Crippen LogP contribution in [0, 0.1) is 17.8 Å². The summed E-state index contributed by atoms with van der Waals surface area (Å²) in [6.45, 7) is 2.34. The number of thiophene rings is 1. The lowest BCUT2D eigenvalue weighted by Gasteiger charge is -2.57. The topological polar surface area (TPSA) is 37.4 Å². The number of anilines is 1. The fourth-order valence-corrected chi connectivity index (χ4v) is 9.03. The molecule has 6 rings (SSSR count). The molecule has 5 heteroatoms. The first-order valence-corrected chi connectivity index (χ1v) is 12.5. The van der Waals surface area contributed by atoms with Crippen LogP contribution in [0.1, 0.15) is 51.0 Å². The van der Waals surface area contributed by atoms with E-state index in [-0.39, 0.29) is 0 Å². The average Bonchev–Trinajstić information content (AvgIpc) is 3.17. The Kier molecular flexibility index (Phi) is 4.17. The van der Waals surface area contributed by atoms with Gasteiger partial charge in [-0.15, -0.1) is 11.3 Å². The standard InChI is InChI=1S/C22H27NO2S2/c1-2-23(27(24,25)21-4-3-9-26-21)20-7-5-19(6-8-20)22-13-16-10-17(14-22)12-18(11-16)15-22/h3-9,16-18H,2,10-15H2,1H3. The Labute approximate surface area is 166 Å². The first-order chi connectivity index (χ1) is 13.0. The molecule has 0 amide bonds. The molecule has 27 heavy (non-hydrogen) atoms. The average molecular weight is 402 g/mol. The van der Waals surface area contributed by atoms with Crippen LogP contribution in [0.5, 0.6) is 0 Å². The van der Waals surface area contributed by atoms with Gasteiger partial charge in [0.25, 0.3) is 10.0 Å². The van der Waals surface area contributed by atoms with Gasteiger partial charge in [0.2, 0.25) is 0 Å². The van der Waals surface area contributed by atoms with Crippen molar-refractivity contribution in [3.63, 3.8) is 0 Å². The van der Waals surface area contributed by atoms with Gasteiger partial charge in [0.05, 0.1) is 5.69 Å². The molecule has 3 nitrogen and oxygen atoms in total. The molecule has 0 aliphatic heterocycles. The minimum atomic E-state index is -3.47. The van der Waals surface area contributed by atoms with E-state index in [9.17, 15) is 8.42 Å². The van der Waals surface area contributed by atoms with Crippen LogP contribution in [0.25, 0.3) is 0 Å². The van der Waals surface area contributed by atoms with Gasteiger partial charge in [0.1, 0.15) is 4.21 Å². The van der Waals surface area contributed by atoms with Crippen molar-refractivity contribution in [3.8, 4) is 0 Å². The maximum atomic E-state index is 13.0. The van der Waals surface area contributed by atoms with Crippen molar-refractivity contribution >= 4 is 27.0 Å². The highest BCUT2D eigenvalue weighted by Gasteiger charge is 2.51. The van der Waals surface area contributed by atoms with Crippen molar-refractivity contribution in [3.05, 3.63) is 47.3 Å². The van der Waals surface area contributed by atoms with Crippen molar-refractivity contribution in [1.29, 1.82) is 0 Å². The Morgan fingerprint density at radius 2 is 1.59 bits per heavy atom. The zero-order valence-electron chi connectivity index (χ0n) is 15.8. The van der Waals surface area contributed by atoms with Crippen LogP contribution in [-0.2, 0) is 15.4 Å². The number of sulfonamides is 1. The van der Waals surface area contributed by atoms with Gasteiger partial charge in [-0.3, -0.25) is 4.31 Å².